The van der Waals surface area contributed by atoms with Crippen LogP contribution in [0.2, 0.25) is 0 Å². The van der Waals surface area contributed by atoms with Crippen molar-refractivity contribution in [1.82, 2.24) is 5.32 Å². The maximum Gasteiger partial charge on any atom is 0.220 e. The van der Waals surface area contributed by atoms with Crippen LogP contribution in [0.25, 0.3) is 0 Å². The maximum absolute atomic E-state index is 13.0. The van der Waals surface area contributed by atoms with Crippen LogP contribution in [-0.4, -0.2) is 87.5 Å². The summed E-state index contributed by atoms with van der Waals surface area (Å²) in [4.78, 5) is 13.0. The van der Waals surface area contributed by atoms with E-state index in [0.29, 0.717) is 6.42 Å². The molecule has 1 heterocycles. The van der Waals surface area contributed by atoms with Gasteiger partial charge in [-0.25, -0.2) is 0 Å². The quantitative estimate of drug-likeness (QED) is 0.0261. The number of aliphatic hydroxyl groups is 5. The molecule has 0 saturated carbocycles. The number of hydrogen-bond donors (Lipinski definition) is 6. The summed E-state index contributed by atoms with van der Waals surface area (Å²) >= 11 is 0. The molecule has 7 unspecified atom stereocenters. The van der Waals surface area contributed by atoms with Crippen LogP contribution in [-0.2, 0) is 14.3 Å². The zero-order chi connectivity index (χ0) is 50.1. The van der Waals surface area contributed by atoms with Gasteiger partial charge < -0.3 is 40.3 Å². The van der Waals surface area contributed by atoms with Crippen molar-refractivity contribution in [1.29, 1.82) is 0 Å². The zero-order valence-electron chi connectivity index (χ0n) is 44.8. The number of amides is 1. The largest absolute Gasteiger partial charge is 0.394 e. The molecular formula is C60H111NO8. The fourth-order valence-electron chi connectivity index (χ4n) is 9.20. The van der Waals surface area contributed by atoms with Crippen molar-refractivity contribution in [3.05, 3.63) is 48.6 Å². The van der Waals surface area contributed by atoms with Gasteiger partial charge in [0.1, 0.15) is 24.4 Å². The van der Waals surface area contributed by atoms with Gasteiger partial charge in [0.25, 0.3) is 0 Å². The van der Waals surface area contributed by atoms with Gasteiger partial charge in [-0.3, -0.25) is 4.79 Å². The minimum absolute atomic E-state index is 0.188. The number of nitrogens with one attached hydrogen (secondary N) is 1. The van der Waals surface area contributed by atoms with Crippen molar-refractivity contribution < 1.29 is 39.8 Å². The lowest BCUT2D eigenvalue weighted by Crippen LogP contribution is -2.60. The van der Waals surface area contributed by atoms with E-state index in [1.165, 1.54) is 205 Å². The highest BCUT2D eigenvalue weighted by Gasteiger charge is 2.44. The van der Waals surface area contributed by atoms with E-state index in [-0.39, 0.29) is 12.5 Å². The first-order chi connectivity index (χ1) is 33.8. The van der Waals surface area contributed by atoms with E-state index < -0.39 is 49.5 Å². The summed E-state index contributed by atoms with van der Waals surface area (Å²) in [5.74, 6) is -0.188. The van der Waals surface area contributed by atoms with Crippen LogP contribution in [0.5, 0.6) is 0 Å². The molecule has 0 aromatic rings. The van der Waals surface area contributed by atoms with Crippen LogP contribution >= 0.6 is 0 Å². The van der Waals surface area contributed by atoms with Crippen LogP contribution < -0.4 is 5.32 Å². The van der Waals surface area contributed by atoms with Crippen LogP contribution in [0.15, 0.2) is 48.6 Å². The third kappa shape index (κ3) is 39.4. The molecule has 1 aliphatic heterocycles. The summed E-state index contributed by atoms with van der Waals surface area (Å²) in [5.41, 5.74) is 0. The molecule has 0 aliphatic carbocycles. The van der Waals surface area contributed by atoms with Crippen LogP contribution in [0.1, 0.15) is 271 Å². The molecule has 1 fully saturated rings. The average Bonchev–Trinajstić information content (AvgIpc) is 3.35. The molecule has 1 saturated heterocycles. The van der Waals surface area contributed by atoms with E-state index in [4.69, 9.17) is 9.47 Å². The molecule has 6 N–H and O–H groups in total. The third-order valence-corrected chi connectivity index (χ3v) is 13.9. The normalized spacial score (nSPS) is 19.8. The predicted octanol–water partition coefficient (Wildman–Crippen LogP) is 14.5. The zero-order valence-corrected chi connectivity index (χ0v) is 44.8. The predicted molar refractivity (Wildman–Crippen MR) is 290 cm³/mol. The summed E-state index contributed by atoms with van der Waals surface area (Å²) < 4.78 is 11.2. The van der Waals surface area contributed by atoms with E-state index in [9.17, 15) is 30.3 Å². The Labute approximate surface area is 424 Å². The number of allylic oxidation sites excluding steroid dienone is 7. The van der Waals surface area contributed by atoms with Gasteiger partial charge >= 0.3 is 0 Å². The molecule has 1 amide bonds. The minimum atomic E-state index is -1.57. The number of unbranched alkanes of at least 4 members (excludes halogenated alkanes) is 34. The van der Waals surface area contributed by atoms with Crippen LogP contribution in [0.3, 0.4) is 0 Å². The van der Waals surface area contributed by atoms with Gasteiger partial charge in [0.15, 0.2) is 6.29 Å². The maximum atomic E-state index is 13.0. The molecule has 9 nitrogen and oxygen atoms in total. The summed E-state index contributed by atoms with van der Waals surface area (Å²) in [6.45, 7) is 3.72. The Hall–Kier alpha value is -1.85. The lowest BCUT2D eigenvalue weighted by atomic mass is 9.99. The average molecular weight is 975 g/mol. The Balaban J connectivity index is 2.03. The summed E-state index contributed by atoms with van der Waals surface area (Å²) in [6.07, 6.45) is 59.5. The third-order valence-electron chi connectivity index (χ3n) is 13.9. The highest BCUT2D eigenvalue weighted by Crippen LogP contribution is 2.23. The molecular weight excluding hydrogens is 863 g/mol. The number of carbonyl (C=O) groups is 1. The molecule has 404 valence electrons. The van der Waals surface area contributed by atoms with Gasteiger partial charge in [0.05, 0.1) is 25.4 Å². The summed E-state index contributed by atoms with van der Waals surface area (Å²) in [6, 6.07) is -0.819. The lowest BCUT2D eigenvalue weighted by Gasteiger charge is -2.40. The van der Waals surface area contributed by atoms with E-state index in [2.05, 4.69) is 55.6 Å². The number of carbonyl (C=O) groups excluding carboxylic acids is 1. The van der Waals surface area contributed by atoms with E-state index in [0.717, 1.165) is 44.9 Å². The molecule has 0 spiro atoms. The molecule has 0 aromatic carbocycles. The highest BCUT2D eigenvalue weighted by molar-refractivity contribution is 5.76. The second-order valence-corrected chi connectivity index (χ2v) is 20.4. The lowest BCUT2D eigenvalue weighted by molar-refractivity contribution is -0.302. The van der Waals surface area contributed by atoms with Crippen molar-refractivity contribution in [2.75, 3.05) is 13.2 Å². The minimum Gasteiger partial charge on any atom is -0.394 e. The Kier molecular flexibility index (Phi) is 47.0. The van der Waals surface area contributed by atoms with Crippen molar-refractivity contribution in [3.63, 3.8) is 0 Å². The Morgan fingerprint density at radius 3 is 1.33 bits per heavy atom. The van der Waals surface area contributed by atoms with Gasteiger partial charge in [-0.15, -0.1) is 0 Å². The van der Waals surface area contributed by atoms with Crippen LogP contribution in [0.4, 0.5) is 0 Å². The number of ether oxygens (including phenoxy) is 2. The first kappa shape index (κ1) is 65.2. The van der Waals surface area contributed by atoms with E-state index in [1.54, 1.807) is 6.08 Å². The van der Waals surface area contributed by atoms with Crippen LogP contribution in [0, 0.1) is 0 Å². The molecule has 1 rings (SSSR count). The topological polar surface area (TPSA) is 149 Å². The summed E-state index contributed by atoms with van der Waals surface area (Å²) in [5, 5.41) is 54.1. The van der Waals surface area contributed by atoms with Gasteiger partial charge in [0.2, 0.25) is 5.91 Å². The fourth-order valence-corrected chi connectivity index (χ4v) is 9.20. The van der Waals surface area contributed by atoms with Crippen molar-refractivity contribution in [2.24, 2.45) is 0 Å². The SMILES string of the molecule is CCCCC/C=C/CC/C=C/C(O)C(COC1OC(CO)C(O)C(O)C1O)NC(=O)CCCCCCCCCCCCCCCCCCC/C=C\C/C=C\CCCCCCCCCCCCCCC. The van der Waals surface area contributed by atoms with Gasteiger partial charge in [-0.1, -0.05) is 249 Å². The van der Waals surface area contributed by atoms with Crippen molar-refractivity contribution in [3.8, 4) is 0 Å². The highest BCUT2D eigenvalue weighted by atomic mass is 16.7. The Morgan fingerprint density at radius 1 is 0.493 bits per heavy atom. The molecule has 69 heavy (non-hydrogen) atoms. The molecule has 0 radical (unpaired) electrons. The molecule has 0 aromatic heterocycles. The van der Waals surface area contributed by atoms with Gasteiger partial charge in [-0.05, 0) is 64.2 Å². The Morgan fingerprint density at radius 2 is 0.870 bits per heavy atom. The smallest absolute Gasteiger partial charge is 0.220 e. The Bertz CT molecular complexity index is 1220. The molecule has 9 heteroatoms. The van der Waals surface area contributed by atoms with E-state index in [1.807, 2.05) is 6.08 Å². The number of rotatable bonds is 50. The standard InChI is InChI=1S/C60H111NO8/c1-3-5-7-9-11-13-14-15-16-17-18-19-20-21-22-23-24-25-26-27-28-29-30-31-32-33-34-35-36-37-38-39-40-42-44-46-48-50-56(64)61-53(54(63)49-47-45-43-41-12-10-8-6-4-2)52-68-60-59(67)58(66)57(65)55(51-62)69-60/h12,22-23,25-26,41,47,49,53-55,57-60,62-63,65-67H,3-11,13-21,24,27-40,42-46,48,50-52H2,1-2H3,(H,61,64)/b23-22-,26-25-,41-12+,49-47+. The van der Waals surface area contributed by atoms with Gasteiger partial charge in [0, 0.05) is 6.42 Å². The first-order valence-electron chi connectivity index (χ1n) is 29.4. The fraction of sp³-hybridized carbons (Fsp3) is 0.850. The molecule has 1 aliphatic rings. The molecule has 0 bridgehead atoms. The second-order valence-electron chi connectivity index (χ2n) is 20.4. The van der Waals surface area contributed by atoms with Gasteiger partial charge in [-0.2, -0.15) is 0 Å². The number of hydrogen-bond acceptors (Lipinski definition) is 8. The monoisotopic (exact) mass is 974 g/mol. The first-order valence-corrected chi connectivity index (χ1v) is 29.4. The van der Waals surface area contributed by atoms with E-state index >= 15 is 0 Å². The summed E-state index contributed by atoms with van der Waals surface area (Å²) in [7, 11) is 0. The van der Waals surface area contributed by atoms with Crippen molar-refractivity contribution in [2.45, 2.75) is 314 Å². The second kappa shape index (κ2) is 49.7. The van der Waals surface area contributed by atoms with Crippen molar-refractivity contribution >= 4 is 5.91 Å². The number of aliphatic hydroxyl groups excluding tert-OH is 5. The molecule has 7 atom stereocenters.